The first-order valence-electron chi connectivity index (χ1n) is 5.37. The Kier molecular flexibility index (Phi) is 4.99. The van der Waals surface area contributed by atoms with E-state index in [1.165, 1.54) is 6.07 Å². The lowest BCUT2D eigenvalue weighted by atomic mass is 10.3. The second-order valence-electron chi connectivity index (χ2n) is 3.48. The molecule has 0 aliphatic heterocycles. The normalized spacial score (nSPS) is 9.79. The summed E-state index contributed by atoms with van der Waals surface area (Å²) in [5.41, 5.74) is -0.572. The molecule has 0 aliphatic carbocycles. The molecule has 0 radical (unpaired) electrons. The maximum Gasteiger partial charge on any atom is 0.336 e. The molecule has 0 saturated heterocycles. The molecule has 0 fully saturated rings. The van der Waals surface area contributed by atoms with Gasteiger partial charge in [-0.1, -0.05) is 6.58 Å². The van der Waals surface area contributed by atoms with E-state index in [1.54, 1.807) is 6.92 Å². The summed E-state index contributed by atoms with van der Waals surface area (Å²) in [7, 11) is 0. The monoisotopic (exact) mass is 269 g/mol. The number of nitrogens with zero attached hydrogens (tertiary/aromatic N) is 1. The van der Waals surface area contributed by atoms with Crippen molar-refractivity contribution in [3.63, 3.8) is 0 Å². The average Bonchev–Trinajstić information content (AvgIpc) is 2.35. The number of nitro groups is 1. The van der Waals surface area contributed by atoms with Crippen LogP contribution in [0, 0.1) is 15.9 Å². The molecular weight excluding hydrogens is 257 g/mol. The van der Waals surface area contributed by atoms with Crippen LogP contribution in [-0.2, 0) is 9.53 Å². The average molecular weight is 269 g/mol. The lowest BCUT2D eigenvalue weighted by Crippen LogP contribution is -2.13. The molecule has 0 heterocycles. The van der Waals surface area contributed by atoms with Gasteiger partial charge in [-0.15, -0.1) is 0 Å². The summed E-state index contributed by atoms with van der Waals surface area (Å²) in [6.07, 6.45) is 0. The molecule has 1 rings (SSSR count). The summed E-state index contributed by atoms with van der Waals surface area (Å²) in [4.78, 5) is 20.8. The molecule has 0 atom stereocenters. The number of hydrogen-bond acceptors (Lipinski definition) is 5. The van der Waals surface area contributed by atoms with Crippen molar-refractivity contribution in [3.8, 4) is 5.75 Å². The lowest BCUT2D eigenvalue weighted by Gasteiger charge is -2.08. The number of rotatable bonds is 6. The van der Waals surface area contributed by atoms with E-state index in [9.17, 15) is 19.3 Å². The molecular formula is C12H12FNO5. The first-order valence-corrected chi connectivity index (χ1v) is 5.37. The molecule has 7 heteroatoms. The Morgan fingerprint density at radius 1 is 1.53 bits per heavy atom. The second-order valence-corrected chi connectivity index (χ2v) is 3.48. The fourth-order valence-electron chi connectivity index (χ4n) is 1.19. The van der Waals surface area contributed by atoms with Crippen LogP contribution < -0.4 is 4.74 Å². The largest absolute Gasteiger partial charge is 0.489 e. The third-order valence-corrected chi connectivity index (χ3v) is 2.09. The summed E-state index contributed by atoms with van der Waals surface area (Å²) in [5.74, 6) is -1.55. The number of ether oxygens (including phenoxy) is 2. The van der Waals surface area contributed by atoms with Gasteiger partial charge in [-0.25, -0.2) is 4.79 Å². The third kappa shape index (κ3) is 4.06. The highest BCUT2D eigenvalue weighted by molar-refractivity contribution is 5.88. The molecule has 0 bridgehead atoms. The molecule has 0 unspecified atom stereocenters. The summed E-state index contributed by atoms with van der Waals surface area (Å²) in [5, 5.41) is 10.4. The van der Waals surface area contributed by atoms with Crippen LogP contribution in [0.1, 0.15) is 6.92 Å². The van der Waals surface area contributed by atoms with Crippen molar-refractivity contribution < 1.29 is 23.6 Å². The van der Waals surface area contributed by atoms with Crippen molar-refractivity contribution in [2.45, 2.75) is 6.92 Å². The van der Waals surface area contributed by atoms with E-state index in [4.69, 9.17) is 4.74 Å². The van der Waals surface area contributed by atoms with Gasteiger partial charge in [0, 0.05) is 12.1 Å². The minimum absolute atomic E-state index is 0.0635. The number of benzene rings is 1. The molecule has 1 aromatic carbocycles. The highest BCUT2D eigenvalue weighted by Gasteiger charge is 2.15. The van der Waals surface area contributed by atoms with Gasteiger partial charge >= 0.3 is 11.7 Å². The SMILES string of the molecule is C=C(COc1ccc([N+](=O)[O-])c(F)c1)C(=O)OCC. The van der Waals surface area contributed by atoms with Gasteiger partial charge in [0.25, 0.3) is 0 Å². The zero-order valence-corrected chi connectivity index (χ0v) is 10.2. The van der Waals surface area contributed by atoms with Gasteiger partial charge in [0.2, 0.25) is 5.82 Å². The molecule has 6 nitrogen and oxygen atoms in total. The number of halogens is 1. The minimum atomic E-state index is -1.01. The van der Waals surface area contributed by atoms with E-state index in [-0.39, 0.29) is 24.5 Å². The number of carbonyl (C=O) groups is 1. The number of nitro benzene ring substituents is 1. The first kappa shape index (κ1) is 14.6. The highest BCUT2D eigenvalue weighted by atomic mass is 19.1. The van der Waals surface area contributed by atoms with Crippen LogP contribution in [0.5, 0.6) is 5.75 Å². The Balaban J connectivity index is 2.64. The smallest absolute Gasteiger partial charge is 0.336 e. The van der Waals surface area contributed by atoms with E-state index in [1.807, 2.05) is 0 Å². The molecule has 0 aromatic heterocycles. The molecule has 0 saturated carbocycles. The van der Waals surface area contributed by atoms with Crippen LogP contribution >= 0.6 is 0 Å². The summed E-state index contributed by atoms with van der Waals surface area (Å²) >= 11 is 0. The maximum atomic E-state index is 13.3. The quantitative estimate of drug-likeness (QED) is 0.342. The van der Waals surface area contributed by atoms with Gasteiger partial charge in [0.15, 0.2) is 0 Å². The fourth-order valence-corrected chi connectivity index (χ4v) is 1.19. The third-order valence-electron chi connectivity index (χ3n) is 2.09. The number of carbonyl (C=O) groups excluding carboxylic acids is 1. The Morgan fingerprint density at radius 3 is 2.74 bits per heavy atom. The van der Waals surface area contributed by atoms with Crippen LogP contribution in [0.4, 0.5) is 10.1 Å². The van der Waals surface area contributed by atoms with Gasteiger partial charge in [-0.05, 0) is 13.0 Å². The van der Waals surface area contributed by atoms with E-state index >= 15 is 0 Å². The fraction of sp³-hybridized carbons (Fsp3) is 0.250. The molecule has 0 aliphatic rings. The van der Waals surface area contributed by atoms with Gasteiger partial charge in [-0.3, -0.25) is 10.1 Å². The van der Waals surface area contributed by atoms with E-state index in [2.05, 4.69) is 11.3 Å². The first-order chi connectivity index (χ1) is 8.95. The summed E-state index contributed by atoms with van der Waals surface area (Å²) in [6.45, 7) is 5.13. The van der Waals surface area contributed by atoms with Gasteiger partial charge in [0.05, 0.1) is 17.1 Å². The zero-order valence-electron chi connectivity index (χ0n) is 10.2. The summed E-state index contributed by atoms with van der Waals surface area (Å²) < 4.78 is 23.0. The molecule has 0 N–H and O–H groups in total. The molecule has 102 valence electrons. The van der Waals surface area contributed by atoms with Crippen LogP contribution in [0.15, 0.2) is 30.4 Å². The predicted molar refractivity (Wildman–Crippen MR) is 64.3 cm³/mol. The van der Waals surface area contributed by atoms with E-state index in [0.29, 0.717) is 0 Å². The Morgan fingerprint density at radius 2 is 2.21 bits per heavy atom. The Hall–Kier alpha value is -2.44. The minimum Gasteiger partial charge on any atom is -0.489 e. The van der Waals surface area contributed by atoms with Crippen molar-refractivity contribution in [1.82, 2.24) is 0 Å². The van der Waals surface area contributed by atoms with Crippen molar-refractivity contribution in [1.29, 1.82) is 0 Å². The van der Waals surface area contributed by atoms with Gasteiger partial charge < -0.3 is 9.47 Å². The van der Waals surface area contributed by atoms with Crippen molar-refractivity contribution in [2.75, 3.05) is 13.2 Å². The van der Waals surface area contributed by atoms with Crippen molar-refractivity contribution in [3.05, 3.63) is 46.3 Å². The lowest BCUT2D eigenvalue weighted by molar-refractivity contribution is -0.387. The maximum absolute atomic E-state index is 13.3. The Labute approximate surface area is 108 Å². The molecule has 19 heavy (non-hydrogen) atoms. The molecule has 0 spiro atoms. The highest BCUT2D eigenvalue weighted by Crippen LogP contribution is 2.22. The van der Waals surface area contributed by atoms with Crippen LogP contribution in [0.2, 0.25) is 0 Å². The van der Waals surface area contributed by atoms with Crippen LogP contribution in [0.25, 0.3) is 0 Å². The number of hydrogen-bond donors (Lipinski definition) is 0. The van der Waals surface area contributed by atoms with Gasteiger partial charge in [-0.2, -0.15) is 4.39 Å². The predicted octanol–water partition coefficient (Wildman–Crippen LogP) is 2.23. The topological polar surface area (TPSA) is 78.7 Å². The van der Waals surface area contributed by atoms with Gasteiger partial charge in [0.1, 0.15) is 12.4 Å². The van der Waals surface area contributed by atoms with Crippen LogP contribution in [0.3, 0.4) is 0 Å². The zero-order chi connectivity index (χ0) is 14.4. The standard InChI is InChI=1S/C12H12FNO5/c1-3-18-12(15)8(2)7-19-9-4-5-11(14(16)17)10(13)6-9/h4-6H,2-3,7H2,1H3. The molecule has 1 aromatic rings. The van der Waals surface area contributed by atoms with E-state index < -0.39 is 22.4 Å². The van der Waals surface area contributed by atoms with Crippen LogP contribution in [-0.4, -0.2) is 24.1 Å². The van der Waals surface area contributed by atoms with Crippen molar-refractivity contribution >= 4 is 11.7 Å². The van der Waals surface area contributed by atoms with Crippen molar-refractivity contribution in [2.24, 2.45) is 0 Å². The Bertz CT molecular complexity index is 515. The number of esters is 1. The molecule has 0 amide bonds. The summed E-state index contributed by atoms with van der Waals surface area (Å²) in [6, 6.07) is 3.09. The van der Waals surface area contributed by atoms with E-state index in [0.717, 1.165) is 12.1 Å². The second kappa shape index (κ2) is 6.48.